The number of benzene rings is 1. The lowest BCUT2D eigenvalue weighted by molar-refractivity contribution is -0.139. The smallest absolute Gasteiger partial charge is 0.265 e. The van der Waals surface area contributed by atoms with Crippen molar-refractivity contribution in [2.45, 2.75) is 38.3 Å². The highest BCUT2D eigenvalue weighted by Crippen LogP contribution is 2.33. The minimum atomic E-state index is -0.578. The number of likely N-dealkylation sites (tertiary alicyclic amines) is 1. The summed E-state index contributed by atoms with van der Waals surface area (Å²) in [6.07, 6.45) is 2.68. The number of piperidine rings is 1. The van der Waals surface area contributed by atoms with Crippen LogP contribution in [0.4, 0.5) is 5.69 Å². The fourth-order valence-electron chi connectivity index (χ4n) is 3.97. The summed E-state index contributed by atoms with van der Waals surface area (Å²) >= 11 is 1.63. The molecule has 1 saturated heterocycles. The van der Waals surface area contributed by atoms with Gasteiger partial charge in [0.15, 0.2) is 6.10 Å². The average Bonchev–Trinajstić information content (AvgIpc) is 3.29. The fourth-order valence-corrected chi connectivity index (χ4v) is 4.71. The highest BCUT2D eigenvalue weighted by atomic mass is 32.1. The van der Waals surface area contributed by atoms with Crippen molar-refractivity contribution in [1.29, 1.82) is 0 Å². The molecule has 7 heteroatoms. The predicted octanol–water partition coefficient (Wildman–Crippen LogP) is 3.21. The minimum absolute atomic E-state index is 0.0246. The van der Waals surface area contributed by atoms with Gasteiger partial charge in [0.05, 0.1) is 24.8 Å². The molecule has 6 nitrogen and oxygen atoms in total. The molecular weight excluding hydrogens is 386 g/mol. The van der Waals surface area contributed by atoms with Gasteiger partial charge in [-0.05, 0) is 49.8 Å². The standard InChI is InChI=1S/C22H27N3O3S/c1-16(20-10-7-13-29-20)23-21(26)15-25-14-19(22(27)24-11-5-2-6-12-24)28-18-9-4-3-8-17(18)25/h3-4,7-10,13,16,19H,2,5-6,11-12,14-15H2,1H3,(H,23,26). The number of ether oxygens (including phenoxy) is 1. The van der Waals surface area contributed by atoms with E-state index in [0.29, 0.717) is 12.3 Å². The van der Waals surface area contributed by atoms with Crippen molar-refractivity contribution < 1.29 is 14.3 Å². The number of anilines is 1. The van der Waals surface area contributed by atoms with E-state index in [-0.39, 0.29) is 24.4 Å². The van der Waals surface area contributed by atoms with Crippen LogP contribution in [-0.4, -0.2) is 49.0 Å². The molecule has 0 aliphatic carbocycles. The van der Waals surface area contributed by atoms with Crippen LogP contribution < -0.4 is 15.0 Å². The van der Waals surface area contributed by atoms with Gasteiger partial charge in [0.1, 0.15) is 5.75 Å². The predicted molar refractivity (Wildman–Crippen MR) is 114 cm³/mol. The van der Waals surface area contributed by atoms with Crippen molar-refractivity contribution in [3.63, 3.8) is 0 Å². The number of nitrogens with zero attached hydrogens (tertiary/aromatic N) is 2. The molecule has 29 heavy (non-hydrogen) atoms. The second kappa shape index (κ2) is 8.86. The highest BCUT2D eigenvalue weighted by molar-refractivity contribution is 7.10. The summed E-state index contributed by atoms with van der Waals surface area (Å²) < 4.78 is 6.04. The Labute approximate surface area is 175 Å². The second-order valence-electron chi connectivity index (χ2n) is 7.65. The lowest BCUT2D eigenvalue weighted by atomic mass is 10.1. The van der Waals surface area contributed by atoms with E-state index in [9.17, 15) is 9.59 Å². The van der Waals surface area contributed by atoms with Crippen LogP contribution in [0, 0.1) is 0 Å². The van der Waals surface area contributed by atoms with Gasteiger partial charge in [0.2, 0.25) is 5.91 Å². The second-order valence-corrected chi connectivity index (χ2v) is 8.62. The van der Waals surface area contributed by atoms with Crippen LogP contribution in [0.15, 0.2) is 41.8 Å². The number of hydrogen-bond acceptors (Lipinski definition) is 5. The third-order valence-corrected chi connectivity index (χ3v) is 6.54. The van der Waals surface area contributed by atoms with E-state index in [1.807, 2.05) is 58.5 Å². The molecule has 0 spiro atoms. The van der Waals surface area contributed by atoms with E-state index < -0.39 is 6.10 Å². The van der Waals surface area contributed by atoms with E-state index in [0.717, 1.165) is 36.5 Å². The van der Waals surface area contributed by atoms with Gasteiger partial charge in [-0.25, -0.2) is 0 Å². The number of rotatable bonds is 5. The monoisotopic (exact) mass is 413 g/mol. The van der Waals surface area contributed by atoms with Crippen LogP contribution >= 0.6 is 11.3 Å². The molecule has 0 radical (unpaired) electrons. The normalized spacial score (nSPS) is 19.8. The number of para-hydroxylation sites is 2. The molecule has 3 heterocycles. The maximum atomic E-state index is 13.0. The van der Waals surface area contributed by atoms with Crippen molar-refractivity contribution in [3.8, 4) is 5.75 Å². The largest absolute Gasteiger partial charge is 0.477 e. The van der Waals surface area contributed by atoms with E-state index in [4.69, 9.17) is 4.74 Å². The minimum Gasteiger partial charge on any atom is -0.477 e. The van der Waals surface area contributed by atoms with Crippen LogP contribution in [0.5, 0.6) is 5.75 Å². The molecule has 2 aliphatic heterocycles. The number of thiophene rings is 1. The highest BCUT2D eigenvalue weighted by Gasteiger charge is 2.34. The molecule has 0 bridgehead atoms. The van der Waals surface area contributed by atoms with Gasteiger partial charge in [-0.3, -0.25) is 9.59 Å². The Bertz CT molecular complexity index is 849. The molecule has 2 aliphatic rings. The Morgan fingerprint density at radius 2 is 1.97 bits per heavy atom. The Morgan fingerprint density at radius 1 is 1.17 bits per heavy atom. The van der Waals surface area contributed by atoms with Gasteiger partial charge in [0, 0.05) is 18.0 Å². The number of nitrogens with one attached hydrogen (secondary N) is 1. The van der Waals surface area contributed by atoms with Crippen LogP contribution in [0.25, 0.3) is 0 Å². The van der Waals surface area contributed by atoms with Gasteiger partial charge in [0.25, 0.3) is 5.91 Å². The first-order valence-corrected chi connectivity index (χ1v) is 11.1. The Kier molecular flexibility index (Phi) is 6.04. The SMILES string of the molecule is CC(NC(=O)CN1CC(C(=O)N2CCCCC2)Oc2ccccc21)c1cccs1. The van der Waals surface area contributed by atoms with E-state index in [2.05, 4.69) is 5.32 Å². The molecule has 1 fully saturated rings. The van der Waals surface area contributed by atoms with Crippen LogP contribution in [-0.2, 0) is 9.59 Å². The van der Waals surface area contributed by atoms with E-state index in [1.165, 1.54) is 6.42 Å². The molecule has 2 amide bonds. The first-order chi connectivity index (χ1) is 14.1. The van der Waals surface area contributed by atoms with Gasteiger partial charge in [-0.1, -0.05) is 18.2 Å². The lowest BCUT2D eigenvalue weighted by Crippen LogP contribution is -2.53. The molecule has 1 N–H and O–H groups in total. The first kappa shape index (κ1) is 19.8. The zero-order valence-corrected chi connectivity index (χ0v) is 17.5. The third-order valence-electron chi connectivity index (χ3n) is 5.49. The molecule has 154 valence electrons. The van der Waals surface area contributed by atoms with Gasteiger partial charge >= 0.3 is 0 Å². The summed E-state index contributed by atoms with van der Waals surface area (Å²) in [5, 5.41) is 5.07. The summed E-state index contributed by atoms with van der Waals surface area (Å²) in [5.41, 5.74) is 0.856. The summed E-state index contributed by atoms with van der Waals surface area (Å²) in [6.45, 7) is 4.14. The molecule has 4 rings (SSSR count). The topological polar surface area (TPSA) is 61.9 Å². The Hall–Kier alpha value is -2.54. The summed E-state index contributed by atoms with van der Waals surface area (Å²) in [5.74, 6) is 0.622. The number of carbonyl (C=O) groups excluding carboxylic acids is 2. The van der Waals surface area contributed by atoms with Crippen LogP contribution in [0.3, 0.4) is 0 Å². The number of amides is 2. The van der Waals surface area contributed by atoms with E-state index >= 15 is 0 Å². The van der Waals surface area contributed by atoms with Crippen molar-refractivity contribution in [2.75, 3.05) is 31.1 Å². The van der Waals surface area contributed by atoms with Gasteiger partial charge < -0.3 is 19.9 Å². The number of hydrogen-bond donors (Lipinski definition) is 1. The summed E-state index contributed by atoms with van der Waals surface area (Å²) in [7, 11) is 0. The average molecular weight is 414 g/mol. The number of fused-ring (bicyclic) bond motifs is 1. The molecule has 1 aromatic carbocycles. The maximum absolute atomic E-state index is 13.0. The van der Waals surface area contributed by atoms with Gasteiger partial charge in [-0.2, -0.15) is 0 Å². The molecule has 2 aromatic rings. The lowest BCUT2D eigenvalue weighted by Gasteiger charge is -2.38. The Balaban J connectivity index is 1.46. The first-order valence-electron chi connectivity index (χ1n) is 10.2. The zero-order chi connectivity index (χ0) is 20.2. The van der Waals surface area contributed by atoms with Crippen LogP contribution in [0.1, 0.15) is 37.1 Å². The van der Waals surface area contributed by atoms with Crippen molar-refractivity contribution in [2.24, 2.45) is 0 Å². The molecular formula is C22H27N3O3S. The molecule has 2 atom stereocenters. The molecule has 2 unspecified atom stereocenters. The van der Waals surface area contributed by atoms with Crippen molar-refractivity contribution in [1.82, 2.24) is 10.2 Å². The maximum Gasteiger partial charge on any atom is 0.265 e. The molecule has 1 aromatic heterocycles. The summed E-state index contributed by atoms with van der Waals surface area (Å²) in [6, 6.07) is 11.6. The van der Waals surface area contributed by atoms with E-state index in [1.54, 1.807) is 11.3 Å². The molecule has 0 saturated carbocycles. The number of carbonyl (C=O) groups is 2. The van der Waals surface area contributed by atoms with Gasteiger partial charge in [-0.15, -0.1) is 11.3 Å². The zero-order valence-electron chi connectivity index (χ0n) is 16.7. The third kappa shape index (κ3) is 4.56. The fraction of sp³-hybridized carbons (Fsp3) is 0.455. The summed E-state index contributed by atoms with van der Waals surface area (Å²) in [4.78, 5) is 30.7. The van der Waals surface area contributed by atoms with Crippen LogP contribution in [0.2, 0.25) is 0 Å². The quantitative estimate of drug-likeness (QED) is 0.818. The van der Waals surface area contributed by atoms with Crippen molar-refractivity contribution >= 4 is 28.8 Å². The Morgan fingerprint density at radius 3 is 2.72 bits per heavy atom. The van der Waals surface area contributed by atoms with Crippen molar-refractivity contribution in [3.05, 3.63) is 46.7 Å².